The number of carbonyl (C=O) groups is 1. The van der Waals surface area contributed by atoms with Gasteiger partial charge in [-0.05, 0) is 40.7 Å². The van der Waals surface area contributed by atoms with E-state index >= 15 is 0 Å². The summed E-state index contributed by atoms with van der Waals surface area (Å²) in [6.45, 7) is 6.30. The summed E-state index contributed by atoms with van der Waals surface area (Å²) in [6, 6.07) is 17.5. The molecule has 1 aliphatic carbocycles. The van der Waals surface area contributed by atoms with Crippen LogP contribution in [0.5, 0.6) is 0 Å². The fourth-order valence-electron chi connectivity index (χ4n) is 4.94. The number of carbonyl (C=O) groups excluding carboxylic acids is 1. The number of hydrogen-bond acceptors (Lipinski definition) is 3. The highest BCUT2D eigenvalue weighted by Gasteiger charge is 2.23. The van der Waals surface area contributed by atoms with Crippen molar-refractivity contribution in [3.05, 3.63) is 76.4 Å². The first kappa shape index (κ1) is 21.0. The third kappa shape index (κ3) is 4.50. The molecule has 1 N–H and O–H groups in total. The number of likely N-dealkylation sites (tertiary alicyclic amines) is 1. The van der Waals surface area contributed by atoms with E-state index in [1.54, 1.807) is 5.57 Å². The number of benzene rings is 2. The Morgan fingerprint density at radius 1 is 0.844 bits per heavy atom. The molecule has 2 aliphatic heterocycles. The van der Waals surface area contributed by atoms with Gasteiger partial charge >= 0.3 is 6.03 Å². The van der Waals surface area contributed by atoms with Crippen LogP contribution in [0.2, 0.25) is 0 Å². The lowest BCUT2D eigenvalue weighted by Crippen LogP contribution is -2.48. The molecule has 5 heteroatoms. The van der Waals surface area contributed by atoms with E-state index in [2.05, 4.69) is 70.9 Å². The zero-order valence-electron chi connectivity index (χ0n) is 18.6. The summed E-state index contributed by atoms with van der Waals surface area (Å²) in [5.41, 5.74) is 8.23. The molecular weight excluding hydrogens is 398 g/mol. The molecule has 0 atom stereocenters. The summed E-state index contributed by atoms with van der Waals surface area (Å²) >= 11 is 0. The lowest BCUT2D eigenvalue weighted by Gasteiger charge is -2.31. The fourth-order valence-corrected chi connectivity index (χ4v) is 4.94. The zero-order chi connectivity index (χ0) is 21.8. The molecule has 5 nitrogen and oxygen atoms in total. The lowest BCUT2D eigenvalue weighted by molar-refractivity contribution is 0.0530. The Labute approximate surface area is 190 Å². The average Bonchev–Trinajstić information content (AvgIpc) is 3.02. The number of fused-ring (bicyclic) bond motifs is 2. The molecule has 0 radical (unpaired) electrons. The van der Waals surface area contributed by atoms with Gasteiger partial charge in [-0.1, -0.05) is 66.3 Å². The van der Waals surface area contributed by atoms with Gasteiger partial charge in [-0.2, -0.15) is 0 Å². The van der Waals surface area contributed by atoms with Crippen molar-refractivity contribution in [1.82, 2.24) is 15.1 Å². The predicted molar refractivity (Wildman–Crippen MR) is 129 cm³/mol. The first-order valence-electron chi connectivity index (χ1n) is 11.7. The molecule has 3 aliphatic rings. The first-order chi connectivity index (χ1) is 15.8. The first-order valence-corrected chi connectivity index (χ1v) is 11.7. The Kier molecular flexibility index (Phi) is 6.37. The Morgan fingerprint density at radius 2 is 1.44 bits per heavy atom. The zero-order valence-corrected chi connectivity index (χ0v) is 18.6. The average molecular weight is 430 g/mol. The van der Waals surface area contributed by atoms with E-state index in [0.717, 1.165) is 32.5 Å². The van der Waals surface area contributed by atoms with Crippen molar-refractivity contribution in [3.8, 4) is 0 Å². The van der Waals surface area contributed by atoms with Crippen molar-refractivity contribution in [2.75, 3.05) is 52.5 Å². The number of morpholine rings is 1. The van der Waals surface area contributed by atoms with E-state index in [1.807, 2.05) is 4.90 Å². The number of nitrogens with one attached hydrogen (secondary N) is 1. The molecule has 0 aromatic heterocycles. The third-order valence-corrected chi connectivity index (χ3v) is 6.72. The molecule has 0 saturated carbocycles. The molecule has 5 rings (SSSR count). The minimum atomic E-state index is 0.0345. The van der Waals surface area contributed by atoms with Crippen LogP contribution in [0, 0.1) is 0 Å². The number of hydrogen-bond donors (Lipinski definition) is 1. The van der Waals surface area contributed by atoms with Gasteiger partial charge in [0.15, 0.2) is 0 Å². The molecule has 2 heterocycles. The van der Waals surface area contributed by atoms with E-state index in [-0.39, 0.29) is 6.03 Å². The molecule has 0 unspecified atom stereocenters. The summed E-state index contributed by atoms with van der Waals surface area (Å²) in [4.78, 5) is 16.6. The number of amides is 2. The van der Waals surface area contributed by atoms with E-state index in [1.165, 1.54) is 27.8 Å². The molecule has 2 amide bonds. The van der Waals surface area contributed by atoms with Crippen LogP contribution in [0.15, 0.2) is 54.1 Å². The standard InChI is InChI=1S/C27H31N3O2/c31-27(30-17-19-32-20-18-30)28-13-16-29-14-11-23(12-15-29)26-24-7-3-1-5-21(24)9-10-22-6-2-4-8-25(22)26/h1-10H,11-20H2,(H,28,31). The summed E-state index contributed by atoms with van der Waals surface area (Å²) in [5, 5.41) is 3.08. The van der Waals surface area contributed by atoms with Crippen LogP contribution in [-0.2, 0) is 4.74 Å². The molecule has 32 heavy (non-hydrogen) atoms. The molecule has 2 aromatic carbocycles. The van der Waals surface area contributed by atoms with Gasteiger partial charge < -0.3 is 19.9 Å². The minimum absolute atomic E-state index is 0.0345. The Hall–Kier alpha value is -2.89. The number of rotatable bonds is 3. The number of ether oxygens (including phenoxy) is 1. The van der Waals surface area contributed by atoms with Crippen LogP contribution in [0.3, 0.4) is 0 Å². The predicted octanol–water partition coefficient (Wildman–Crippen LogP) is 4.11. The van der Waals surface area contributed by atoms with Gasteiger partial charge in [0.05, 0.1) is 13.2 Å². The molecular formula is C27H31N3O2. The second-order valence-corrected chi connectivity index (χ2v) is 8.66. The number of piperidine rings is 1. The Balaban J connectivity index is 1.26. The van der Waals surface area contributed by atoms with Crippen LogP contribution < -0.4 is 5.32 Å². The number of nitrogens with zero attached hydrogens (tertiary/aromatic N) is 2. The van der Waals surface area contributed by atoms with Gasteiger partial charge in [0.2, 0.25) is 0 Å². The number of urea groups is 1. The van der Waals surface area contributed by atoms with Gasteiger partial charge in [-0.25, -0.2) is 4.79 Å². The maximum Gasteiger partial charge on any atom is 0.317 e. The van der Waals surface area contributed by atoms with E-state index in [9.17, 15) is 4.79 Å². The Bertz CT molecular complexity index is 975. The summed E-state index contributed by atoms with van der Waals surface area (Å²) in [5.74, 6) is 0. The van der Waals surface area contributed by atoms with Crippen molar-refractivity contribution in [3.63, 3.8) is 0 Å². The molecule has 2 aromatic rings. The van der Waals surface area contributed by atoms with Crippen LogP contribution in [0.1, 0.15) is 35.1 Å². The maximum atomic E-state index is 12.3. The summed E-state index contributed by atoms with van der Waals surface area (Å²) in [6.07, 6.45) is 6.62. The van der Waals surface area contributed by atoms with Crippen LogP contribution in [0.25, 0.3) is 17.7 Å². The molecule has 166 valence electrons. The van der Waals surface area contributed by atoms with Gasteiger partial charge in [0.1, 0.15) is 0 Å². The quantitative estimate of drug-likeness (QED) is 0.682. The molecule has 0 bridgehead atoms. The van der Waals surface area contributed by atoms with Crippen LogP contribution >= 0.6 is 0 Å². The molecule has 0 spiro atoms. The third-order valence-electron chi connectivity index (χ3n) is 6.72. The van der Waals surface area contributed by atoms with Crippen molar-refractivity contribution in [1.29, 1.82) is 0 Å². The second kappa shape index (κ2) is 9.72. The van der Waals surface area contributed by atoms with Gasteiger partial charge in [0, 0.05) is 39.3 Å². The topological polar surface area (TPSA) is 44.8 Å². The molecule has 2 saturated heterocycles. The fraction of sp³-hybridized carbons (Fsp3) is 0.370. The normalized spacial score (nSPS) is 18.7. The van der Waals surface area contributed by atoms with E-state index in [4.69, 9.17) is 4.74 Å². The van der Waals surface area contributed by atoms with Gasteiger partial charge in [-0.3, -0.25) is 0 Å². The lowest BCUT2D eigenvalue weighted by atomic mass is 9.86. The SMILES string of the molecule is O=C(NCCN1CCC(=C2c3ccccc3C=Cc3ccccc32)CC1)N1CCOCC1. The summed E-state index contributed by atoms with van der Waals surface area (Å²) in [7, 11) is 0. The highest BCUT2D eigenvalue weighted by Crippen LogP contribution is 2.38. The van der Waals surface area contributed by atoms with Crippen molar-refractivity contribution in [2.45, 2.75) is 12.8 Å². The maximum absolute atomic E-state index is 12.3. The van der Waals surface area contributed by atoms with Gasteiger partial charge in [0.25, 0.3) is 0 Å². The second-order valence-electron chi connectivity index (χ2n) is 8.66. The molecule has 2 fully saturated rings. The Morgan fingerprint density at radius 3 is 2.06 bits per heavy atom. The van der Waals surface area contributed by atoms with Gasteiger partial charge in [-0.15, -0.1) is 0 Å². The van der Waals surface area contributed by atoms with Crippen molar-refractivity contribution < 1.29 is 9.53 Å². The monoisotopic (exact) mass is 429 g/mol. The smallest absolute Gasteiger partial charge is 0.317 e. The van der Waals surface area contributed by atoms with E-state index in [0.29, 0.717) is 32.8 Å². The highest BCUT2D eigenvalue weighted by molar-refractivity contribution is 5.94. The van der Waals surface area contributed by atoms with E-state index < -0.39 is 0 Å². The highest BCUT2D eigenvalue weighted by atomic mass is 16.5. The van der Waals surface area contributed by atoms with Crippen LogP contribution in [0.4, 0.5) is 4.79 Å². The van der Waals surface area contributed by atoms with Crippen molar-refractivity contribution in [2.24, 2.45) is 0 Å². The van der Waals surface area contributed by atoms with Crippen LogP contribution in [-0.4, -0.2) is 68.3 Å². The van der Waals surface area contributed by atoms with Crippen molar-refractivity contribution >= 4 is 23.8 Å². The summed E-state index contributed by atoms with van der Waals surface area (Å²) < 4.78 is 5.32. The minimum Gasteiger partial charge on any atom is -0.378 e. The largest absolute Gasteiger partial charge is 0.378 e.